The van der Waals surface area contributed by atoms with Gasteiger partial charge in [-0.3, -0.25) is 9.36 Å². The third-order valence-corrected chi connectivity index (χ3v) is 8.37. The normalized spacial score (nSPS) is 17.2. The van der Waals surface area contributed by atoms with Gasteiger partial charge in [0.25, 0.3) is 0 Å². The number of fused-ring (bicyclic) bond motifs is 1. The number of carboxylic acid groups (broad SMARTS) is 1. The van der Waals surface area contributed by atoms with E-state index in [1.807, 2.05) is 19.1 Å². The minimum absolute atomic E-state index is 0.0219. The summed E-state index contributed by atoms with van der Waals surface area (Å²) in [5.41, 5.74) is 0.872. The zero-order valence-corrected chi connectivity index (χ0v) is 24.5. The molecule has 0 amide bonds. The van der Waals surface area contributed by atoms with Gasteiger partial charge in [0.2, 0.25) is 11.3 Å². The number of hydrogen-bond donors (Lipinski definition) is 1. The molecule has 0 saturated carbocycles. The number of carboxylic acids is 1. The monoisotopic (exact) mass is 589 g/mol. The predicted molar refractivity (Wildman–Crippen MR) is 162 cm³/mol. The summed E-state index contributed by atoms with van der Waals surface area (Å²) in [6.07, 6.45) is 6.52. The third kappa shape index (κ3) is 5.14. The van der Waals surface area contributed by atoms with E-state index in [-0.39, 0.29) is 17.0 Å². The number of carbonyl (C=O) groups is 1. The lowest BCUT2D eigenvalue weighted by Gasteiger charge is -2.43. The van der Waals surface area contributed by atoms with Crippen LogP contribution in [0.2, 0.25) is 5.02 Å². The van der Waals surface area contributed by atoms with Crippen LogP contribution in [0, 0.1) is 6.92 Å². The quantitative estimate of drug-likeness (QED) is 0.326. The van der Waals surface area contributed by atoms with Crippen molar-refractivity contribution < 1.29 is 14.6 Å². The van der Waals surface area contributed by atoms with E-state index in [2.05, 4.69) is 38.8 Å². The zero-order valence-electron chi connectivity index (χ0n) is 23.7. The van der Waals surface area contributed by atoms with Crippen LogP contribution in [-0.4, -0.2) is 87.9 Å². The number of nitrogens with zero attached hydrogens (tertiary/aromatic N) is 7. The largest absolute Gasteiger partial charge is 0.477 e. The van der Waals surface area contributed by atoms with Gasteiger partial charge in [-0.1, -0.05) is 11.6 Å². The number of ether oxygens (including phenoxy) is 1. The summed E-state index contributed by atoms with van der Waals surface area (Å²) in [7, 11) is 4.13. The number of likely N-dealkylation sites (N-methyl/N-ethyl adjacent to an activating group) is 1. The van der Waals surface area contributed by atoms with E-state index in [1.54, 1.807) is 35.2 Å². The zero-order chi connectivity index (χ0) is 29.5. The molecule has 1 N–H and O–H groups in total. The Morgan fingerprint density at radius 1 is 1.21 bits per heavy atom. The number of rotatable bonds is 8. The summed E-state index contributed by atoms with van der Waals surface area (Å²) in [5, 5.41) is 10.5. The fraction of sp³-hybridized carbons (Fsp3) is 0.367. The van der Waals surface area contributed by atoms with E-state index in [9.17, 15) is 14.7 Å². The second-order valence-electron chi connectivity index (χ2n) is 11.0. The maximum Gasteiger partial charge on any atom is 0.341 e. The van der Waals surface area contributed by atoms with Crippen LogP contribution in [0.4, 0.5) is 11.6 Å². The van der Waals surface area contributed by atoms with Crippen LogP contribution in [0.5, 0.6) is 5.88 Å². The molecule has 0 unspecified atom stereocenters. The Hall–Kier alpha value is -4.22. The fourth-order valence-electron chi connectivity index (χ4n) is 5.60. The number of aromatic carboxylic acids is 1. The minimum atomic E-state index is -1.29. The van der Waals surface area contributed by atoms with E-state index in [0.717, 1.165) is 49.7 Å². The van der Waals surface area contributed by atoms with Gasteiger partial charge in [0, 0.05) is 38.1 Å². The van der Waals surface area contributed by atoms with Crippen molar-refractivity contribution >= 4 is 40.2 Å². The molecule has 4 aromatic rings. The number of hydrogen-bond acceptors (Lipinski definition) is 9. The Balaban J connectivity index is 1.36. The molecule has 42 heavy (non-hydrogen) atoms. The van der Waals surface area contributed by atoms with Gasteiger partial charge in [-0.05, 0) is 69.8 Å². The number of pyridine rings is 4. The van der Waals surface area contributed by atoms with Gasteiger partial charge in [-0.25, -0.2) is 19.7 Å². The van der Waals surface area contributed by atoms with Crippen molar-refractivity contribution in [3.8, 4) is 11.6 Å². The lowest BCUT2D eigenvalue weighted by Crippen LogP contribution is -2.57. The van der Waals surface area contributed by atoms with Crippen LogP contribution in [0.25, 0.3) is 16.7 Å². The summed E-state index contributed by atoms with van der Waals surface area (Å²) in [6.45, 7) is 4.80. The smallest absolute Gasteiger partial charge is 0.341 e. The van der Waals surface area contributed by atoms with Gasteiger partial charge in [-0.15, -0.1) is 0 Å². The van der Waals surface area contributed by atoms with Crippen molar-refractivity contribution in [3.63, 3.8) is 0 Å². The maximum absolute atomic E-state index is 13.3. The summed E-state index contributed by atoms with van der Waals surface area (Å²) in [4.78, 5) is 45.7. The first-order valence-corrected chi connectivity index (χ1v) is 14.3. The van der Waals surface area contributed by atoms with Gasteiger partial charge in [0.05, 0.1) is 23.3 Å². The molecule has 218 valence electrons. The van der Waals surface area contributed by atoms with E-state index >= 15 is 0 Å². The maximum atomic E-state index is 13.3. The summed E-state index contributed by atoms with van der Waals surface area (Å²) in [5.74, 6) is 0.660. The Bertz CT molecular complexity index is 1700. The van der Waals surface area contributed by atoms with Crippen molar-refractivity contribution in [2.24, 2.45) is 0 Å². The van der Waals surface area contributed by atoms with Gasteiger partial charge >= 0.3 is 5.97 Å². The number of aromatic nitrogens is 4. The van der Waals surface area contributed by atoms with Crippen LogP contribution >= 0.6 is 11.6 Å². The van der Waals surface area contributed by atoms with Gasteiger partial charge < -0.3 is 24.5 Å². The molecule has 11 nitrogen and oxygen atoms in total. The molecule has 0 aromatic carbocycles. The number of aryl methyl sites for hydroxylation is 1. The molecule has 6 rings (SSSR count). The van der Waals surface area contributed by atoms with Gasteiger partial charge in [0.15, 0.2) is 5.65 Å². The summed E-state index contributed by atoms with van der Waals surface area (Å²) >= 11 is 6.24. The van der Waals surface area contributed by atoms with E-state index in [4.69, 9.17) is 21.3 Å². The Morgan fingerprint density at radius 2 is 2.02 bits per heavy atom. The number of halogens is 1. The molecule has 0 aliphatic carbocycles. The van der Waals surface area contributed by atoms with Crippen LogP contribution < -0.4 is 20.0 Å². The van der Waals surface area contributed by atoms with Crippen molar-refractivity contribution in [1.82, 2.24) is 24.4 Å². The molecule has 0 bridgehead atoms. The highest BCUT2D eigenvalue weighted by atomic mass is 35.5. The van der Waals surface area contributed by atoms with E-state index in [0.29, 0.717) is 34.9 Å². The summed E-state index contributed by atoms with van der Waals surface area (Å²) < 4.78 is 7.62. The Kier molecular flexibility index (Phi) is 7.46. The molecule has 12 heteroatoms. The fourth-order valence-corrected chi connectivity index (χ4v) is 5.77. The highest BCUT2D eigenvalue weighted by molar-refractivity contribution is 6.31. The van der Waals surface area contributed by atoms with E-state index < -0.39 is 11.4 Å². The molecule has 1 atom stereocenters. The highest BCUT2D eigenvalue weighted by Crippen LogP contribution is 2.31. The van der Waals surface area contributed by atoms with Crippen LogP contribution in [0.1, 0.15) is 28.8 Å². The second-order valence-corrected chi connectivity index (χ2v) is 11.4. The molecule has 2 fully saturated rings. The molecular weight excluding hydrogens is 558 g/mol. The van der Waals surface area contributed by atoms with E-state index in [1.165, 1.54) is 6.20 Å². The topological polar surface area (TPSA) is 117 Å². The van der Waals surface area contributed by atoms with Gasteiger partial charge in [0.1, 0.15) is 28.8 Å². The molecule has 4 aromatic heterocycles. The van der Waals surface area contributed by atoms with Crippen LogP contribution in [-0.2, 0) is 0 Å². The third-order valence-electron chi connectivity index (χ3n) is 8.09. The van der Waals surface area contributed by atoms with Gasteiger partial charge in [-0.2, -0.15) is 0 Å². The first-order valence-electron chi connectivity index (χ1n) is 13.9. The average molecular weight is 590 g/mol. The number of anilines is 2. The van der Waals surface area contributed by atoms with Crippen LogP contribution in [0.15, 0.2) is 53.7 Å². The molecule has 2 aliphatic heterocycles. The average Bonchev–Trinajstić information content (AvgIpc) is 3.40. The molecule has 6 heterocycles. The second kappa shape index (κ2) is 11.2. The minimum Gasteiger partial charge on any atom is -0.477 e. The predicted octanol–water partition coefficient (Wildman–Crippen LogP) is 3.63. The molecular formula is C30H32ClN7O4. The Morgan fingerprint density at radius 3 is 2.71 bits per heavy atom. The van der Waals surface area contributed by atoms with Crippen LogP contribution in [0.3, 0.4) is 0 Å². The first-order chi connectivity index (χ1) is 20.2. The van der Waals surface area contributed by atoms with Crippen molar-refractivity contribution in [2.45, 2.75) is 31.8 Å². The standard InChI is InChI=1S/C30H32ClN7O4/c1-18-12-22-26(39)23(30(40)41)16-38(19-8-9-25(33-13-19)36-14-21(15-36)35(2)3)28(22)34-27(18)37-11-5-6-20(37)17-42-29-24(31)7-4-10-32-29/h4,7-10,12-13,16,20-21H,5-6,11,14-15,17H2,1-3H3,(H,40,41)/t20-/m1/s1. The highest BCUT2D eigenvalue weighted by Gasteiger charge is 2.30. The first kappa shape index (κ1) is 27.9. The Labute approximate surface area is 247 Å². The summed E-state index contributed by atoms with van der Waals surface area (Å²) in [6, 6.07) is 9.53. The molecule has 0 spiro atoms. The van der Waals surface area contributed by atoms with Crippen molar-refractivity contribution in [1.29, 1.82) is 0 Å². The lowest BCUT2D eigenvalue weighted by molar-refractivity contribution is 0.0695. The molecule has 2 aliphatic rings. The van der Waals surface area contributed by atoms with Crippen molar-refractivity contribution in [3.05, 3.63) is 75.3 Å². The lowest BCUT2D eigenvalue weighted by atomic mass is 10.1. The SMILES string of the molecule is Cc1cc2c(=O)c(C(=O)O)cn(-c3ccc(N4CC(N(C)C)C4)nc3)c2nc1N1CCC[C@@H]1COc1ncccc1Cl. The van der Waals surface area contributed by atoms with Crippen molar-refractivity contribution in [2.75, 3.05) is 50.1 Å². The molecule has 2 saturated heterocycles. The molecule has 0 radical (unpaired) electrons.